The van der Waals surface area contributed by atoms with Gasteiger partial charge >= 0.3 is 0 Å². The van der Waals surface area contributed by atoms with Gasteiger partial charge in [-0.2, -0.15) is 0 Å². The van der Waals surface area contributed by atoms with Crippen molar-refractivity contribution in [2.45, 2.75) is 5.03 Å². The third-order valence-electron chi connectivity index (χ3n) is 2.22. The molecule has 9 nitrogen and oxygen atoms in total. The molecule has 0 fully saturated rings. The Morgan fingerprint density at radius 1 is 1.15 bits per heavy atom. The van der Waals surface area contributed by atoms with Gasteiger partial charge in [-0.3, -0.25) is 4.79 Å². The maximum Gasteiger partial charge on any atom is 0.273 e. The highest BCUT2D eigenvalue weighted by atomic mass is 32.2. The number of carbonyl (C=O) groups is 1. The number of rotatable bonds is 5. The Bertz CT molecular complexity index is 694. The van der Waals surface area contributed by atoms with E-state index in [-0.39, 0.29) is 5.69 Å². The van der Waals surface area contributed by atoms with Crippen LogP contribution in [-0.4, -0.2) is 63.4 Å². The highest BCUT2D eigenvalue weighted by Crippen LogP contribution is 2.08. The van der Waals surface area contributed by atoms with Gasteiger partial charge in [0.2, 0.25) is 10.0 Å². The summed E-state index contributed by atoms with van der Waals surface area (Å²) in [5.74, 6) is -1.83. The van der Waals surface area contributed by atoms with Crippen LogP contribution in [0.25, 0.3) is 0 Å². The number of hydrogen-bond acceptors (Lipinski definition) is 7. The van der Waals surface area contributed by atoms with Crippen LogP contribution < -0.4 is 5.14 Å². The summed E-state index contributed by atoms with van der Waals surface area (Å²) in [4.78, 5) is 12.8. The van der Waals surface area contributed by atoms with Gasteiger partial charge in [0.1, 0.15) is 0 Å². The highest BCUT2D eigenvalue weighted by Gasteiger charge is 2.20. The van der Waals surface area contributed by atoms with Gasteiger partial charge in [0.05, 0.1) is 11.5 Å². The second-order valence-electron chi connectivity index (χ2n) is 4.14. The van der Waals surface area contributed by atoms with Crippen molar-refractivity contribution in [3.05, 3.63) is 17.8 Å². The van der Waals surface area contributed by atoms with Gasteiger partial charge in [0, 0.05) is 14.1 Å². The molecule has 0 aliphatic heterocycles. The van der Waals surface area contributed by atoms with Gasteiger partial charge in [-0.25, -0.2) is 22.0 Å². The molecule has 0 saturated carbocycles. The van der Waals surface area contributed by atoms with Crippen LogP contribution in [0.4, 0.5) is 0 Å². The Kier molecular flexibility index (Phi) is 4.78. The lowest BCUT2D eigenvalue weighted by Gasteiger charge is -2.08. The Balaban J connectivity index is 2.96. The van der Waals surface area contributed by atoms with Crippen LogP contribution in [-0.2, 0) is 19.9 Å². The van der Waals surface area contributed by atoms with Crippen molar-refractivity contribution in [1.82, 2.24) is 15.1 Å². The lowest BCUT2D eigenvalue weighted by molar-refractivity contribution is 0.0820. The number of sulfonamides is 1. The average Bonchev–Trinajstić information content (AvgIpc) is 2.35. The Hall–Kier alpha value is -1.59. The molecule has 2 N–H and O–H groups in total. The quantitative estimate of drug-likeness (QED) is 0.677. The average molecular weight is 322 g/mol. The van der Waals surface area contributed by atoms with Crippen molar-refractivity contribution >= 4 is 25.8 Å². The fraction of sp³-hybridized carbons (Fsp3) is 0.444. The molecule has 0 radical (unpaired) electrons. The molecule has 1 amide bonds. The smallest absolute Gasteiger partial charge is 0.273 e. The Morgan fingerprint density at radius 2 is 1.75 bits per heavy atom. The normalized spacial score (nSPS) is 12.2. The van der Waals surface area contributed by atoms with E-state index in [1.807, 2.05) is 0 Å². The van der Waals surface area contributed by atoms with E-state index in [2.05, 4.69) is 10.2 Å². The van der Waals surface area contributed by atoms with E-state index in [4.69, 9.17) is 5.14 Å². The molecule has 20 heavy (non-hydrogen) atoms. The number of primary sulfonamides is 1. The van der Waals surface area contributed by atoms with Crippen molar-refractivity contribution in [3.63, 3.8) is 0 Å². The SMILES string of the molecule is CN(C)C(=O)c1ccc(S(=O)(=O)CCS(N)(=O)=O)nn1. The molecular weight excluding hydrogens is 308 g/mol. The first-order chi connectivity index (χ1) is 9.03. The molecule has 0 aliphatic rings. The molecule has 0 bridgehead atoms. The summed E-state index contributed by atoms with van der Waals surface area (Å²) in [6.07, 6.45) is 0. The topological polar surface area (TPSA) is 140 Å². The molecule has 0 atom stereocenters. The summed E-state index contributed by atoms with van der Waals surface area (Å²) in [5, 5.41) is 11.3. The third-order valence-corrected chi connectivity index (χ3v) is 4.85. The summed E-state index contributed by atoms with van der Waals surface area (Å²) in [7, 11) is -4.77. The number of sulfone groups is 1. The van der Waals surface area contributed by atoms with E-state index in [0.717, 1.165) is 6.07 Å². The van der Waals surface area contributed by atoms with Gasteiger partial charge in [0.25, 0.3) is 5.91 Å². The van der Waals surface area contributed by atoms with Gasteiger partial charge < -0.3 is 4.90 Å². The first kappa shape index (κ1) is 16.5. The molecule has 1 aromatic rings. The predicted octanol–water partition coefficient (Wildman–Crippen LogP) is -1.76. The molecular formula is C9H14N4O5S2. The second-order valence-corrected chi connectivity index (χ2v) is 7.93. The maximum atomic E-state index is 11.8. The van der Waals surface area contributed by atoms with Crippen molar-refractivity contribution in [3.8, 4) is 0 Å². The third kappa shape index (κ3) is 4.51. The predicted molar refractivity (Wildman–Crippen MR) is 70.1 cm³/mol. The largest absolute Gasteiger partial charge is 0.343 e. The molecule has 0 saturated heterocycles. The lowest BCUT2D eigenvalue weighted by Crippen LogP contribution is -2.25. The standard InChI is InChI=1S/C9H14N4O5S2/c1-13(2)9(14)7-3-4-8(12-11-7)19(15,16)5-6-20(10,17)18/h3-4H,5-6H2,1-2H3,(H2,10,17,18). The molecule has 0 aromatic carbocycles. The first-order valence-corrected chi connectivity index (χ1v) is 8.68. The summed E-state index contributed by atoms with van der Waals surface area (Å²) in [6, 6.07) is 2.31. The van der Waals surface area contributed by atoms with Crippen LogP contribution in [0.2, 0.25) is 0 Å². The summed E-state index contributed by atoms with van der Waals surface area (Å²) < 4.78 is 45.1. The molecule has 0 unspecified atom stereocenters. The summed E-state index contributed by atoms with van der Waals surface area (Å²) in [6.45, 7) is 0. The van der Waals surface area contributed by atoms with E-state index in [0.29, 0.717) is 0 Å². The van der Waals surface area contributed by atoms with Crippen molar-refractivity contribution in [2.75, 3.05) is 25.6 Å². The number of nitrogens with zero attached hydrogens (tertiary/aromatic N) is 3. The van der Waals surface area contributed by atoms with Gasteiger partial charge in [-0.1, -0.05) is 0 Å². The van der Waals surface area contributed by atoms with Gasteiger partial charge in [-0.15, -0.1) is 10.2 Å². The van der Waals surface area contributed by atoms with E-state index in [9.17, 15) is 21.6 Å². The van der Waals surface area contributed by atoms with Crippen LogP contribution in [0.5, 0.6) is 0 Å². The Labute approximate surface area is 116 Å². The first-order valence-electron chi connectivity index (χ1n) is 5.31. The number of nitrogens with two attached hydrogens (primary N) is 1. The summed E-state index contributed by atoms with van der Waals surface area (Å²) >= 11 is 0. The fourth-order valence-corrected chi connectivity index (χ4v) is 3.62. The second kappa shape index (κ2) is 5.81. The van der Waals surface area contributed by atoms with E-state index < -0.39 is 42.3 Å². The van der Waals surface area contributed by atoms with Crippen LogP contribution in [0.3, 0.4) is 0 Å². The van der Waals surface area contributed by atoms with Gasteiger partial charge in [0.15, 0.2) is 20.6 Å². The maximum absolute atomic E-state index is 11.8. The molecule has 0 aliphatic carbocycles. The minimum Gasteiger partial charge on any atom is -0.343 e. The number of amides is 1. The zero-order valence-corrected chi connectivity index (χ0v) is 12.5. The van der Waals surface area contributed by atoms with Crippen LogP contribution in [0, 0.1) is 0 Å². The van der Waals surface area contributed by atoms with Crippen LogP contribution >= 0.6 is 0 Å². The van der Waals surface area contributed by atoms with Crippen molar-refractivity contribution < 1.29 is 21.6 Å². The molecule has 112 valence electrons. The van der Waals surface area contributed by atoms with E-state index in [1.54, 1.807) is 0 Å². The van der Waals surface area contributed by atoms with Crippen molar-refractivity contribution in [2.24, 2.45) is 5.14 Å². The minimum absolute atomic E-state index is 0.0135. The number of hydrogen-bond donors (Lipinski definition) is 1. The number of aromatic nitrogens is 2. The monoisotopic (exact) mass is 322 g/mol. The minimum atomic E-state index is -3.91. The molecule has 1 heterocycles. The van der Waals surface area contributed by atoms with E-state index in [1.165, 1.54) is 25.1 Å². The highest BCUT2D eigenvalue weighted by molar-refractivity contribution is 7.94. The van der Waals surface area contributed by atoms with E-state index >= 15 is 0 Å². The lowest BCUT2D eigenvalue weighted by atomic mass is 10.3. The molecule has 11 heteroatoms. The van der Waals surface area contributed by atoms with Gasteiger partial charge in [-0.05, 0) is 12.1 Å². The molecule has 0 spiro atoms. The van der Waals surface area contributed by atoms with Crippen LogP contribution in [0.15, 0.2) is 17.2 Å². The molecule has 1 rings (SSSR count). The summed E-state index contributed by atoms with van der Waals surface area (Å²) in [5.41, 5.74) is -0.0135. The van der Waals surface area contributed by atoms with Crippen molar-refractivity contribution in [1.29, 1.82) is 0 Å². The Morgan fingerprint density at radius 3 is 2.15 bits per heavy atom. The number of carbonyl (C=O) groups excluding carboxylic acids is 1. The van der Waals surface area contributed by atoms with Crippen LogP contribution in [0.1, 0.15) is 10.5 Å². The zero-order chi connectivity index (χ0) is 15.6. The molecule has 1 aromatic heterocycles. The fourth-order valence-electron chi connectivity index (χ4n) is 1.16. The zero-order valence-electron chi connectivity index (χ0n) is 10.8.